The van der Waals surface area contributed by atoms with Crippen molar-refractivity contribution in [2.75, 3.05) is 18.0 Å². The zero-order valence-electron chi connectivity index (χ0n) is 12.3. The maximum atomic E-state index is 4.79. The molecule has 4 rings (SSSR count). The van der Waals surface area contributed by atoms with Crippen molar-refractivity contribution in [3.8, 4) is 11.3 Å². The lowest BCUT2D eigenvalue weighted by Gasteiger charge is -2.17. The van der Waals surface area contributed by atoms with Crippen LogP contribution < -0.4 is 4.90 Å². The van der Waals surface area contributed by atoms with Gasteiger partial charge < -0.3 is 9.30 Å². The Hall–Kier alpha value is -2.29. The lowest BCUT2D eigenvalue weighted by Crippen LogP contribution is -2.17. The predicted molar refractivity (Wildman–Crippen MR) is 86.8 cm³/mol. The number of pyridine rings is 1. The van der Waals surface area contributed by atoms with E-state index in [4.69, 9.17) is 4.98 Å². The third kappa shape index (κ3) is 2.19. The first-order valence-electron chi connectivity index (χ1n) is 7.61. The van der Waals surface area contributed by atoms with Gasteiger partial charge in [-0.1, -0.05) is 18.2 Å². The van der Waals surface area contributed by atoms with Crippen LogP contribution in [0.3, 0.4) is 0 Å². The second-order valence-corrected chi connectivity index (χ2v) is 5.79. The minimum atomic E-state index is 1.04. The molecule has 0 saturated carbocycles. The SMILES string of the molecule is Cc1cccn2cc(-c3cccc(N4CCCC4)c3)nc12. The van der Waals surface area contributed by atoms with Crippen LogP contribution in [0.25, 0.3) is 16.9 Å². The summed E-state index contributed by atoms with van der Waals surface area (Å²) in [6.07, 6.45) is 6.78. The first kappa shape index (κ1) is 12.5. The molecule has 3 aromatic rings. The number of nitrogens with zero attached hydrogens (tertiary/aromatic N) is 3. The van der Waals surface area contributed by atoms with E-state index in [-0.39, 0.29) is 0 Å². The molecule has 0 aliphatic carbocycles. The Morgan fingerprint density at radius 2 is 1.90 bits per heavy atom. The summed E-state index contributed by atoms with van der Waals surface area (Å²) in [5, 5.41) is 0. The Labute approximate surface area is 124 Å². The monoisotopic (exact) mass is 277 g/mol. The first-order valence-corrected chi connectivity index (χ1v) is 7.61. The molecule has 0 radical (unpaired) electrons. The van der Waals surface area contributed by atoms with Gasteiger partial charge in [-0.25, -0.2) is 4.98 Å². The minimum Gasteiger partial charge on any atom is -0.372 e. The second-order valence-electron chi connectivity index (χ2n) is 5.79. The molecule has 0 bridgehead atoms. The van der Waals surface area contributed by atoms with E-state index in [2.05, 4.69) is 65.0 Å². The summed E-state index contributed by atoms with van der Waals surface area (Å²) in [5.74, 6) is 0. The minimum absolute atomic E-state index is 1.04. The van der Waals surface area contributed by atoms with E-state index in [1.165, 1.54) is 42.7 Å². The summed E-state index contributed by atoms with van der Waals surface area (Å²) in [7, 11) is 0. The largest absolute Gasteiger partial charge is 0.372 e. The van der Waals surface area contributed by atoms with Crippen LogP contribution in [0.2, 0.25) is 0 Å². The molecule has 1 fully saturated rings. The number of hydrogen-bond donors (Lipinski definition) is 0. The first-order chi connectivity index (χ1) is 10.3. The van der Waals surface area contributed by atoms with Gasteiger partial charge in [0.05, 0.1) is 5.69 Å². The topological polar surface area (TPSA) is 20.5 Å². The quantitative estimate of drug-likeness (QED) is 0.708. The van der Waals surface area contributed by atoms with Gasteiger partial charge in [0, 0.05) is 36.7 Å². The number of hydrogen-bond acceptors (Lipinski definition) is 2. The normalized spacial score (nSPS) is 15.0. The van der Waals surface area contributed by atoms with Crippen molar-refractivity contribution in [3.05, 3.63) is 54.4 Å². The van der Waals surface area contributed by atoms with Crippen LogP contribution in [0.15, 0.2) is 48.8 Å². The second kappa shape index (κ2) is 4.92. The van der Waals surface area contributed by atoms with Gasteiger partial charge >= 0.3 is 0 Å². The van der Waals surface area contributed by atoms with Gasteiger partial charge in [0.25, 0.3) is 0 Å². The summed E-state index contributed by atoms with van der Waals surface area (Å²) < 4.78 is 2.10. The molecule has 1 aliphatic heterocycles. The third-order valence-electron chi connectivity index (χ3n) is 4.29. The van der Waals surface area contributed by atoms with Gasteiger partial charge in [-0.05, 0) is 43.5 Å². The lowest BCUT2D eigenvalue weighted by atomic mass is 10.1. The van der Waals surface area contributed by atoms with Crippen molar-refractivity contribution in [2.24, 2.45) is 0 Å². The van der Waals surface area contributed by atoms with Gasteiger partial charge in [0.15, 0.2) is 0 Å². The van der Waals surface area contributed by atoms with Crippen LogP contribution in [0.1, 0.15) is 18.4 Å². The highest BCUT2D eigenvalue weighted by molar-refractivity contribution is 5.68. The van der Waals surface area contributed by atoms with E-state index in [9.17, 15) is 0 Å². The van der Waals surface area contributed by atoms with E-state index in [1.807, 2.05) is 0 Å². The van der Waals surface area contributed by atoms with Crippen LogP contribution in [0.4, 0.5) is 5.69 Å². The summed E-state index contributed by atoms with van der Waals surface area (Å²) in [5.41, 5.74) is 5.81. The van der Waals surface area contributed by atoms with Gasteiger partial charge in [0.2, 0.25) is 0 Å². The van der Waals surface area contributed by atoms with Crippen LogP contribution in [0.5, 0.6) is 0 Å². The number of benzene rings is 1. The highest BCUT2D eigenvalue weighted by Crippen LogP contribution is 2.27. The van der Waals surface area contributed by atoms with Crippen LogP contribution in [0, 0.1) is 6.92 Å². The fraction of sp³-hybridized carbons (Fsp3) is 0.278. The fourth-order valence-corrected chi connectivity index (χ4v) is 3.13. The molecule has 0 N–H and O–H groups in total. The summed E-state index contributed by atoms with van der Waals surface area (Å²) in [6, 6.07) is 12.9. The van der Waals surface area contributed by atoms with Crippen molar-refractivity contribution in [3.63, 3.8) is 0 Å². The maximum Gasteiger partial charge on any atom is 0.140 e. The third-order valence-corrected chi connectivity index (χ3v) is 4.29. The highest BCUT2D eigenvalue weighted by atomic mass is 15.1. The Balaban J connectivity index is 1.77. The van der Waals surface area contributed by atoms with E-state index >= 15 is 0 Å². The van der Waals surface area contributed by atoms with E-state index in [0.29, 0.717) is 0 Å². The molecule has 3 heterocycles. The molecule has 0 unspecified atom stereocenters. The molecule has 21 heavy (non-hydrogen) atoms. The number of rotatable bonds is 2. The van der Waals surface area contributed by atoms with E-state index in [0.717, 1.165) is 11.3 Å². The molecule has 0 atom stereocenters. The van der Waals surface area contributed by atoms with E-state index < -0.39 is 0 Å². The van der Waals surface area contributed by atoms with Crippen molar-refractivity contribution in [1.29, 1.82) is 0 Å². The van der Waals surface area contributed by atoms with E-state index in [1.54, 1.807) is 0 Å². The molecular weight excluding hydrogens is 258 g/mol. The molecule has 2 aromatic heterocycles. The zero-order chi connectivity index (χ0) is 14.2. The smallest absolute Gasteiger partial charge is 0.140 e. The number of anilines is 1. The Bertz CT molecular complexity index is 782. The Morgan fingerprint density at radius 1 is 1.05 bits per heavy atom. The van der Waals surface area contributed by atoms with Crippen molar-refractivity contribution < 1.29 is 0 Å². The number of fused-ring (bicyclic) bond motifs is 1. The average molecular weight is 277 g/mol. The van der Waals surface area contributed by atoms with Crippen molar-refractivity contribution >= 4 is 11.3 Å². The zero-order valence-corrected chi connectivity index (χ0v) is 12.3. The van der Waals surface area contributed by atoms with Crippen molar-refractivity contribution in [2.45, 2.75) is 19.8 Å². The number of aryl methyl sites for hydroxylation is 1. The molecular formula is C18H19N3. The number of imidazole rings is 1. The molecule has 3 heteroatoms. The molecule has 0 amide bonds. The maximum absolute atomic E-state index is 4.79. The van der Waals surface area contributed by atoms with Gasteiger partial charge in [-0.3, -0.25) is 0 Å². The summed E-state index contributed by atoms with van der Waals surface area (Å²) in [6.45, 7) is 4.45. The van der Waals surface area contributed by atoms with Crippen molar-refractivity contribution in [1.82, 2.24) is 9.38 Å². The van der Waals surface area contributed by atoms with Crippen LogP contribution in [-0.4, -0.2) is 22.5 Å². The van der Waals surface area contributed by atoms with Gasteiger partial charge in [0.1, 0.15) is 5.65 Å². The molecule has 1 aromatic carbocycles. The molecule has 106 valence electrons. The summed E-state index contributed by atoms with van der Waals surface area (Å²) >= 11 is 0. The number of aromatic nitrogens is 2. The van der Waals surface area contributed by atoms with Crippen LogP contribution >= 0.6 is 0 Å². The van der Waals surface area contributed by atoms with Gasteiger partial charge in [-0.15, -0.1) is 0 Å². The highest BCUT2D eigenvalue weighted by Gasteiger charge is 2.13. The molecule has 3 nitrogen and oxygen atoms in total. The fourth-order valence-electron chi connectivity index (χ4n) is 3.13. The average Bonchev–Trinajstić information content (AvgIpc) is 3.18. The summed E-state index contributed by atoms with van der Waals surface area (Å²) in [4.78, 5) is 7.26. The standard InChI is InChI=1S/C18H19N3/c1-14-6-5-11-21-13-17(19-18(14)21)15-7-4-8-16(12-15)20-9-2-3-10-20/h4-8,11-13H,2-3,9-10H2,1H3. The molecule has 1 aliphatic rings. The Morgan fingerprint density at radius 3 is 2.71 bits per heavy atom. The lowest BCUT2D eigenvalue weighted by molar-refractivity contribution is 0.949. The van der Waals surface area contributed by atoms with Crippen LogP contribution in [-0.2, 0) is 0 Å². The molecule has 1 saturated heterocycles. The Kier molecular flexibility index (Phi) is 2.92. The van der Waals surface area contributed by atoms with Gasteiger partial charge in [-0.2, -0.15) is 0 Å². The molecule has 0 spiro atoms. The predicted octanol–water partition coefficient (Wildman–Crippen LogP) is 3.91.